The molecule has 0 aliphatic carbocycles. The number of hydrogen-bond donors (Lipinski definition) is 1. The smallest absolute Gasteiger partial charge is 0.407 e. The minimum Gasteiger partial charge on any atom is -0.497 e. The van der Waals surface area contributed by atoms with Gasteiger partial charge >= 0.3 is 6.09 Å². The van der Waals surface area contributed by atoms with Gasteiger partial charge in [0.2, 0.25) is 0 Å². The van der Waals surface area contributed by atoms with Crippen LogP contribution in [0.4, 0.5) is 4.79 Å². The molecule has 0 bridgehead atoms. The Morgan fingerprint density at radius 1 is 1.31 bits per heavy atom. The van der Waals surface area contributed by atoms with Crippen LogP contribution in [0.5, 0.6) is 5.75 Å². The van der Waals surface area contributed by atoms with Gasteiger partial charge in [-0.15, -0.1) is 5.10 Å². The molecule has 1 aromatic carbocycles. The molecule has 26 heavy (non-hydrogen) atoms. The number of methoxy groups -OCH3 is 2. The van der Waals surface area contributed by atoms with Crippen molar-refractivity contribution in [1.29, 1.82) is 0 Å². The summed E-state index contributed by atoms with van der Waals surface area (Å²) < 4.78 is 12.5. The second-order valence-corrected chi connectivity index (χ2v) is 6.40. The number of likely N-dealkylation sites (tertiary alicyclic amines) is 1. The van der Waals surface area contributed by atoms with Crippen LogP contribution in [-0.2, 0) is 17.7 Å². The first-order valence-electron chi connectivity index (χ1n) is 8.64. The summed E-state index contributed by atoms with van der Waals surface area (Å²) in [6.45, 7) is 1.57. The van der Waals surface area contributed by atoms with Crippen molar-refractivity contribution < 1.29 is 19.4 Å². The van der Waals surface area contributed by atoms with E-state index in [0.717, 1.165) is 24.4 Å². The van der Waals surface area contributed by atoms with Crippen LogP contribution < -0.4 is 4.74 Å². The Bertz CT molecular complexity index is 731. The van der Waals surface area contributed by atoms with Crippen LogP contribution in [0.3, 0.4) is 0 Å². The van der Waals surface area contributed by atoms with E-state index in [1.54, 1.807) is 14.2 Å². The predicted molar refractivity (Wildman–Crippen MR) is 94.5 cm³/mol. The average molecular weight is 360 g/mol. The van der Waals surface area contributed by atoms with Crippen molar-refractivity contribution in [2.45, 2.75) is 31.4 Å². The minimum atomic E-state index is -0.909. The van der Waals surface area contributed by atoms with Gasteiger partial charge < -0.3 is 19.5 Å². The number of aryl methyl sites for hydroxylation is 2. The third-order valence-electron chi connectivity index (χ3n) is 4.86. The van der Waals surface area contributed by atoms with E-state index in [1.165, 1.54) is 10.5 Å². The van der Waals surface area contributed by atoms with E-state index in [1.807, 2.05) is 35.1 Å². The standard InChI is InChI=1S/C18H24N4O4/c1-25-14-5-3-13(4-6-14)7-10-22-11-16(19-20-22)15-8-9-21(18(23)24)12-17(15)26-2/h3-6,11,15,17H,7-10,12H2,1-2H3,(H,23,24). The maximum Gasteiger partial charge on any atom is 0.407 e. The first-order valence-corrected chi connectivity index (χ1v) is 8.64. The maximum absolute atomic E-state index is 11.2. The molecule has 140 valence electrons. The van der Waals surface area contributed by atoms with E-state index < -0.39 is 6.09 Å². The summed E-state index contributed by atoms with van der Waals surface area (Å²) in [5, 5.41) is 17.7. The number of carbonyl (C=O) groups is 1. The molecule has 1 N–H and O–H groups in total. The second kappa shape index (κ2) is 8.18. The Labute approximate surface area is 152 Å². The van der Waals surface area contributed by atoms with E-state index in [0.29, 0.717) is 19.5 Å². The van der Waals surface area contributed by atoms with Gasteiger partial charge in [-0.05, 0) is 30.5 Å². The largest absolute Gasteiger partial charge is 0.497 e. The molecule has 2 aromatic rings. The Morgan fingerprint density at radius 2 is 2.08 bits per heavy atom. The summed E-state index contributed by atoms with van der Waals surface area (Å²) in [5.74, 6) is 0.903. The fraction of sp³-hybridized carbons (Fsp3) is 0.500. The van der Waals surface area contributed by atoms with Crippen LogP contribution in [0.1, 0.15) is 23.6 Å². The fourth-order valence-electron chi connectivity index (χ4n) is 3.30. The number of nitrogens with zero attached hydrogens (tertiary/aromatic N) is 4. The van der Waals surface area contributed by atoms with E-state index in [-0.39, 0.29) is 12.0 Å². The van der Waals surface area contributed by atoms with Gasteiger partial charge in [0.1, 0.15) is 5.75 Å². The molecule has 8 nitrogen and oxygen atoms in total. The molecular weight excluding hydrogens is 336 g/mol. The fourth-order valence-corrected chi connectivity index (χ4v) is 3.30. The molecule has 1 aliphatic rings. The van der Waals surface area contributed by atoms with Crippen molar-refractivity contribution >= 4 is 6.09 Å². The second-order valence-electron chi connectivity index (χ2n) is 6.40. The van der Waals surface area contributed by atoms with E-state index in [2.05, 4.69) is 10.3 Å². The zero-order valence-electron chi connectivity index (χ0n) is 15.0. The quantitative estimate of drug-likeness (QED) is 0.848. The van der Waals surface area contributed by atoms with Crippen LogP contribution >= 0.6 is 0 Å². The van der Waals surface area contributed by atoms with Crippen LogP contribution in [0.25, 0.3) is 0 Å². The van der Waals surface area contributed by atoms with Gasteiger partial charge in [0.05, 0.1) is 25.5 Å². The van der Waals surface area contributed by atoms with Crippen LogP contribution in [-0.4, -0.2) is 64.5 Å². The topological polar surface area (TPSA) is 89.7 Å². The Morgan fingerprint density at radius 3 is 2.73 bits per heavy atom. The van der Waals surface area contributed by atoms with Gasteiger partial charge in [-0.2, -0.15) is 0 Å². The van der Waals surface area contributed by atoms with Crippen molar-refractivity contribution in [3.8, 4) is 5.75 Å². The summed E-state index contributed by atoms with van der Waals surface area (Å²) in [5.41, 5.74) is 2.06. The SMILES string of the molecule is COc1ccc(CCn2cc(C3CCN(C(=O)O)CC3OC)nn2)cc1. The van der Waals surface area contributed by atoms with Gasteiger partial charge in [0.25, 0.3) is 0 Å². The number of rotatable bonds is 6. The molecule has 1 aromatic heterocycles. The molecule has 2 unspecified atom stereocenters. The highest BCUT2D eigenvalue weighted by Gasteiger charge is 2.34. The van der Waals surface area contributed by atoms with Crippen LogP contribution in [0, 0.1) is 0 Å². The highest BCUT2D eigenvalue weighted by atomic mass is 16.5. The number of ether oxygens (including phenoxy) is 2. The number of piperidine rings is 1. The highest BCUT2D eigenvalue weighted by molar-refractivity contribution is 5.65. The number of hydrogen-bond acceptors (Lipinski definition) is 5. The Kier molecular flexibility index (Phi) is 5.72. The summed E-state index contributed by atoms with van der Waals surface area (Å²) in [6.07, 6.45) is 2.36. The Hall–Kier alpha value is -2.61. The molecule has 2 atom stereocenters. The lowest BCUT2D eigenvalue weighted by Crippen LogP contribution is -2.46. The van der Waals surface area contributed by atoms with Crippen LogP contribution in [0.15, 0.2) is 30.5 Å². The van der Waals surface area contributed by atoms with E-state index in [9.17, 15) is 4.79 Å². The van der Waals surface area contributed by atoms with Crippen molar-refractivity contribution in [1.82, 2.24) is 19.9 Å². The third-order valence-corrected chi connectivity index (χ3v) is 4.86. The lowest BCUT2D eigenvalue weighted by molar-refractivity contribution is 0.0167. The molecule has 1 aliphatic heterocycles. The summed E-state index contributed by atoms with van der Waals surface area (Å²) in [6, 6.07) is 7.97. The molecule has 0 radical (unpaired) electrons. The van der Waals surface area contributed by atoms with Gasteiger partial charge in [0, 0.05) is 32.3 Å². The number of benzene rings is 1. The molecule has 1 fully saturated rings. The normalized spacial score (nSPS) is 20.2. The third kappa shape index (κ3) is 4.13. The monoisotopic (exact) mass is 360 g/mol. The zero-order valence-corrected chi connectivity index (χ0v) is 15.0. The van der Waals surface area contributed by atoms with E-state index in [4.69, 9.17) is 14.6 Å². The van der Waals surface area contributed by atoms with Crippen molar-refractivity contribution in [2.75, 3.05) is 27.3 Å². The first kappa shape index (κ1) is 18.2. The summed E-state index contributed by atoms with van der Waals surface area (Å²) >= 11 is 0. The molecule has 0 spiro atoms. The Balaban J connectivity index is 1.60. The zero-order chi connectivity index (χ0) is 18.5. The molecule has 0 saturated carbocycles. The van der Waals surface area contributed by atoms with Gasteiger partial charge in [-0.1, -0.05) is 17.3 Å². The maximum atomic E-state index is 11.2. The molecule has 3 rings (SSSR count). The average Bonchev–Trinajstić information content (AvgIpc) is 3.15. The van der Waals surface area contributed by atoms with Crippen molar-refractivity contribution in [2.24, 2.45) is 0 Å². The first-order chi connectivity index (χ1) is 12.6. The minimum absolute atomic E-state index is 0.0605. The number of aromatic nitrogens is 3. The molecular formula is C18H24N4O4. The van der Waals surface area contributed by atoms with Crippen molar-refractivity contribution in [3.05, 3.63) is 41.7 Å². The number of amides is 1. The summed E-state index contributed by atoms with van der Waals surface area (Å²) in [4.78, 5) is 12.5. The van der Waals surface area contributed by atoms with Gasteiger partial charge in [-0.25, -0.2) is 4.79 Å². The molecule has 2 heterocycles. The van der Waals surface area contributed by atoms with Gasteiger partial charge in [0.15, 0.2) is 0 Å². The van der Waals surface area contributed by atoms with E-state index >= 15 is 0 Å². The lowest BCUT2D eigenvalue weighted by atomic mass is 9.91. The van der Waals surface area contributed by atoms with Crippen molar-refractivity contribution in [3.63, 3.8) is 0 Å². The lowest BCUT2D eigenvalue weighted by Gasteiger charge is -2.35. The molecule has 1 saturated heterocycles. The summed E-state index contributed by atoms with van der Waals surface area (Å²) in [7, 11) is 3.26. The predicted octanol–water partition coefficient (Wildman–Crippen LogP) is 2.01. The highest BCUT2D eigenvalue weighted by Crippen LogP contribution is 2.28. The molecule has 1 amide bonds. The molecule has 8 heteroatoms. The van der Waals surface area contributed by atoms with Gasteiger partial charge in [-0.3, -0.25) is 4.68 Å². The number of carboxylic acid groups (broad SMARTS) is 1. The van der Waals surface area contributed by atoms with Crippen LogP contribution in [0.2, 0.25) is 0 Å².